The number of nitrogens with zero attached hydrogens (tertiary/aromatic N) is 1. The van der Waals surface area contributed by atoms with Crippen molar-refractivity contribution in [1.82, 2.24) is 10.2 Å². The van der Waals surface area contributed by atoms with Gasteiger partial charge in [0.2, 0.25) is 5.91 Å². The van der Waals surface area contributed by atoms with Gasteiger partial charge in [0.25, 0.3) is 0 Å². The molecule has 0 atom stereocenters. The highest BCUT2D eigenvalue weighted by atomic mass is 32.1. The summed E-state index contributed by atoms with van der Waals surface area (Å²) in [5.41, 5.74) is 7.13. The van der Waals surface area contributed by atoms with Crippen molar-refractivity contribution in [2.24, 2.45) is 5.73 Å². The Bertz CT molecular complexity index is 358. The molecule has 1 amide bonds. The highest BCUT2D eigenvalue weighted by molar-refractivity contribution is 7.07. The predicted molar refractivity (Wildman–Crippen MR) is 74.7 cm³/mol. The molecule has 1 aromatic rings. The Labute approximate surface area is 112 Å². The molecule has 1 aliphatic heterocycles. The van der Waals surface area contributed by atoms with Crippen LogP contribution in [0.3, 0.4) is 0 Å². The van der Waals surface area contributed by atoms with Crippen molar-refractivity contribution in [2.45, 2.75) is 25.3 Å². The Morgan fingerprint density at radius 2 is 2.28 bits per heavy atom. The molecule has 5 heteroatoms. The van der Waals surface area contributed by atoms with Crippen molar-refractivity contribution in [3.05, 3.63) is 22.4 Å². The highest BCUT2D eigenvalue weighted by Crippen LogP contribution is 2.07. The molecule has 3 N–H and O–H groups in total. The Morgan fingerprint density at radius 3 is 2.94 bits per heavy atom. The molecule has 1 aromatic heterocycles. The summed E-state index contributed by atoms with van der Waals surface area (Å²) in [6, 6.07) is 2.42. The molecule has 0 spiro atoms. The maximum absolute atomic E-state index is 11.7. The number of amides is 1. The van der Waals surface area contributed by atoms with Crippen molar-refractivity contribution in [3.8, 4) is 0 Å². The number of hydrogen-bond acceptors (Lipinski definition) is 4. The summed E-state index contributed by atoms with van der Waals surface area (Å²) in [5, 5.41) is 7.16. The number of piperidine rings is 1. The topological polar surface area (TPSA) is 58.4 Å². The quantitative estimate of drug-likeness (QED) is 0.831. The Morgan fingerprint density at radius 1 is 1.50 bits per heavy atom. The van der Waals surface area contributed by atoms with Crippen molar-refractivity contribution in [1.29, 1.82) is 0 Å². The summed E-state index contributed by atoms with van der Waals surface area (Å²) >= 11 is 1.69. The van der Waals surface area contributed by atoms with Crippen LogP contribution in [0.15, 0.2) is 16.8 Å². The molecule has 2 rings (SSSR count). The second kappa shape index (κ2) is 6.87. The van der Waals surface area contributed by atoms with E-state index in [0.717, 1.165) is 38.9 Å². The fraction of sp³-hybridized carbons (Fsp3) is 0.615. The number of rotatable bonds is 5. The summed E-state index contributed by atoms with van der Waals surface area (Å²) < 4.78 is 0. The van der Waals surface area contributed by atoms with Gasteiger partial charge in [0, 0.05) is 25.7 Å². The van der Waals surface area contributed by atoms with Gasteiger partial charge in [-0.05, 0) is 41.7 Å². The van der Waals surface area contributed by atoms with Gasteiger partial charge in [-0.2, -0.15) is 11.3 Å². The number of likely N-dealkylation sites (tertiary alicyclic amines) is 1. The van der Waals surface area contributed by atoms with E-state index in [1.807, 2.05) is 0 Å². The minimum absolute atomic E-state index is 0.126. The number of nitrogens with one attached hydrogen (secondary N) is 1. The normalized spacial score (nSPS) is 17.8. The van der Waals surface area contributed by atoms with Gasteiger partial charge < -0.3 is 11.1 Å². The first-order valence-corrected chi connectivity index (χ1v) is 7.44. The van der Waals surface area contributed by atoms with Crippen molar-refractivity contribution in [3.63, 3.8) is 0 Å². The standard InChI is InChI=1S/C13H21N3OS/c14-12-2-6-16(7-3-12)9-13(17)15-5-1-11-4-8-18-10-11/h4,8,10,12H,1-3,5-7,9,14H2,(H,15,17). The summed E-state index contributed by atoms with van der Waals surface area (Å²) in [7, 11) is 0. The number of nitrogens with two attached hydrogens (primary N) is 1. The van der Waals surface area contributed by atoms with Crippen LogP contribution in [0, 0.1) is 0 Å². The predicted octanol–water partition coefficient (Wildman–Crippen LogP) is 0.830. The van der Waals surface area contributed by atoms with Crippen molar-refractivity contribution < 1.29 is 4.79 Å². The van der Waals surface area contributed by atoms with Crippen molar-refractivity contribution >= 4 is 17.2 Å². The zero-order valence-corrected chi connectivity index (χ0v) is 11.4. The van der Waals surface area contributed by atoms with Crippen LogP contribution >= 0.6 is 11.3 Å². The van der Waals surface area contributed by atoms with Crippen LogP contribution in [0.2, 0.25) is 0 Å². The van der Waals surface area contributed by atoms with Crippen LogP contribution in [0.5, 0.6) is 0 Å². The molecular formula is C13H21N3OS. The maximum Gasteiger partial charge on any atom is 0.234 e. The molecule has 0 radical (unpaired) electrons. The molecule has 1 fully saturated rings. The minimum Gasteiger partial charge on any atom is -0.355 e. The minimum atomic E-state index is 0.126. The van der Waals surface area contributed by atoms with Crippen LogP contribution in [-0.4, -0.2) is 43.0 Å². The third kappa shape index (κ3) is 4.40. The molecule has 18 heavy (non-hydrogen) atoms. The Hall–Kier alpha value is -0.910. The summed E-state index contributed by atoms with van der Waals surface area (Å²) in [6.45, 7) is 3.12. The lowest BCUT2D eigenvalue weighted by molar-refractivity contribution is -0.122. The van der Waals surface area contributed by atoms with Crippen molar-refractivity contribution in [2.75, 3.05) is 26.2 Å². The van der Waals surface area contributed by atoms with Gasteiger partial charge in [-0.1, -0.05) is 0 Å². The lowest BCUT2D eigenvalue weighted by Crippen LogP contribution is -2.44. The van der Waals surface area contributed by atoms with E-state index in [1.54, 1.807) is 11.3 Å². The summed E-state index contributed by atoms with van der Waals surface area (Å²) in [4.78, 5) is 13.9. The fourth-order valence-corrected chi connectivity index (χ4v) is 2.85. The third-order valence-electron chi connectivity index (χ3n) is 3.32. The van der Waals surface area contributed by atoms with Crippen LogP contribution in [0.1, 0.15) is 18.4 Å². The maximum atomic E-state index is 11.7. The molecule has 4 nitrogen and oxygen atoms in total. The number of carbonyl (C=O) groups is 1. The zero-order chi connectivity index (χ0) is 12.8. The van der Waals surface area contributed by atoms with E-state index in [-0.39, 0.29) is 5.91 Å². The molecule has 0 unspecified atom stereocenters. The smallest absolute Gasteiger partial charge is 0.234 e. The van der Waals surface area contributed by atoms with E-state index in [0.29, 0.717) is 12.6 Å². The molecule has 0 saturated carbocycles. The van der Waals surface area contributed by atoms with Gasteiger partial charge in [0.15, 0.2) is 0 Å². The molecule has 1 aliphatic rings. The van der Waals surface area contributed by atoms with Crippen LogP contribution < -0.4 is 11.1 Å². The van der Waals surface area contributed by atoms with E-state index >= 15 is 0 Å². The zero-order valence-electron chi connectivity index (χ0n) is 10.6. The van der Waals surface area contributed by atoms with E-state index in [9.17, 15) is 4.79 Å². The first-order chi connectivity index (χ1) is 8.74. The number of thiophene rings is 1. The van der Waals surface area contributed by atoms with Crippen LogP contribution in [0.25, 0.3) is 0 Å². The van der Waals surface area contributed by atoms with Gasteiger partial charge in [-0.15, -0.1) is 0 Å². The first kappa shape index (κ1) is 13.5. The van der Waals surface area contributed by atoms with E-state index in [1.165, 1.54) is 5.56 Å². The fourth-order valence-electron chi connectivity index (χ4n) is 2.15. The molecule has 0 aromatic carbocycles. The highest BCUT2D eigenvalue weighted by Gasteiger charge is 2.17. The number of hydrogen-bond donors (Lipinski definition) is 2. The van der Waals surface area contributed by atoms with Gasteiger partial charge in [-0.3, -0.25) is 9.69 Å². The van der Waals surface area contributed by atoms with Gasteiger partial charge in [0.05, 0.1) is 6.54 Å². The van der Waals surface area contributed by atoms with Gasteiger partial charge >= 0.3 is 0 Å². The molecular weight excluding hydrogens is 246 g/mol. The Balaban J connectivity index is 1.60. The molecule has 1 saturated heterocycles. The Kier molecular flexibility index (Phi) is 5.16. The van der Waals surface area contributed by atoms with E-state index in [4.69, 9.17) is 5.73 Å². The molecule has 100 valence electrons. The lowest BCUT2D eigenvalue weighted by Gasteiger charge is -2.29. The molecule has 2 heterocycles. The largest absolute Gasteiger partial charge is 0.355 e. The average molecular weight is 267 g/mol. The lowest BCUT2D eigenvalue weighted by atomic mass is 10.1. The molecule has 0 aliphatic carbocycles. The summed E-state index contributed by atoms with van der Waals surface area (Å²) in [6.07, 6.45) is 2.92. The monoisotopic (exact) mass is 267 g/mol. The van der Waals surface area contributed by atoms with Gasteiger partial charge in [-0.25, -0.2) is 0 Å². The van der Waals surface area contributed by atoms with Crippen LogP contribution in [-0.2, 0) is 11.2 Å². The molecule has 0 bridgehead atoms. The van der Waals surface area contributed by atoms with E-state index < -0.39 is 0 Å². The third-order valence-corrected chi connectivity index (χ3v) is 4.05. The van der Waals surface area contributed by atoms with Crippen LogP contribution in [0.4, 0.5) is 0 Å². The van der Waals surface area contributed by atoms with E-state index in [2.05, 4.69) is 27.0 Å². The second-order valence-corrected chi connectivity index (χ2v) is 5.63. The van der Waals surface area contributed by atoms with Gasteiger partial charge in [0.1, 0.15) is 0 Å². The number of carbonyl (C=O) groups excluding carboxylic acids is 1. The first-order valence-electron chi connectivity index (χ1n) is 6.50. The SMILES string of the molecule is NC1CCN(CC(=O)NCCc2ccsc2)CC1. The average Bonchev–Trinajstić information content (AvgIpc) is 2.85. The second-order valence-electron chi connectivity index (χ2n) is 4.85. The summed E-state index contributed by atoms with van der Waals surface area (Å²) in [5.74, 6) is 0.126.